The normalized spacial score (nSPS) is 11.8. The van der Waals surface area contributed by atoms with Gasteiger partial charge in [-0.1, -0.05) is 44.7 Å². The van der Waals surface area contributed by atoms with Gasteiger partial charge in [0.05, 0.1) is 26.0 Å². The summed E-state index contributed by atoms with van der Waals surface area (Å²) in [4.78, 5) is 22.2. The highest BCUT2D eigenvalue weighted by Gasteiger charge is 2.15. The van der Waals surface area contributed by atoms with Gasteiger partial charge in [0.25, 0.3) is 0 Å². The summed E-state index contributed by atoms with van der Waals surface area (Å²) in [6.45, 7) is 1.49. The lowest BCUT2D eigenvalue weighted by Gasteiger charge is -2.01. The van der Waals surface area contributed by atoms with E-state index in [-0.39, 0.29) is 22.3 Å². The molecule has 2 amide bonds. The van der Waals surface area contributed by atoms with Crippen molar-refractivity contribution in [3.63, 3.8) is 0 Å². The van der Waals surface area contributed by atoms with Crippen LogP contribution in [0, 0.1) is 10.1 Å². The highest BCUT2D eigenvalue weighted by atomic mass is 35.5. The van der Waals surface area contributed by atoms with Crippen LogP contribution in [0.4, 0.5) is 16.4 Å². The van der Waals surface area contributed by atoms with Crippen molar-refractivity contribution in [2.24, 2.45) is 15.3 Å². The van der Waals surface area contributed by atoms with Crippen molar-refractivity contribution in [2.75, 3.05) is 0 Å². The van der Waals surface area contributed by atoms with Gasteiger partial charge in [-0.3, -0.25) is 0 Å². The summed E-state index contributed by atoms with van der Waals surface area (Å²) < 4.78 is 0. The largest absolute Gasteiger partial charge is 0.514 e. The number of nitrogens with zero attached hydrogens (tertiary/aromatic N) is 8. The van der Waals surface area contributed by atoms with E-state index in [2.05, 4.69) is 36.2 Å². The molecule has 1 N–H and O–H groups in total. The molecule has 1 heterocycles. The number of benzene rings is 1. The molecule has 2 rings (SSSR count). The number of rotatable bonds is 5. The van der Waals surface area contributed by atoms with Gasteiger partial charge in [-0.05, 0) is 24.0 Å². The molecule has 0 spiro atoms. The Balaban J connectivity index is 1.96. The average molecular weight is 421 g/mol. The molecule has 0 unspecified atom stereocenters. The zero-order valence-electron chi connectivity index (χ0n) is 12.8. The topological polar surface area (TPSA) is 153 Å². The molecular weight excluding hydrogens is 413 g/mol. The number of halogens is 3. The fraction of sp³-hybridized carbons (Fsp3) is 0.182. The molecule has 12 nitrogen and oxygen atoms in total. The predicted octanol–water partition coefficient (Wildman–Crippen LogP) is 3.41. The zero-order valence-corrected chi connectivity index (χ0v) is 15.1. The molecule has 0 aliphatic carbocycles. The van der Waals surface area contributed by atoms with Crippen LogP contribution >= 0.6 is 34.8 Å². The summed E-state index contributed by atoms with van der Waals surface area (Å²) in [7, 11) is 0. The second-order valence-corrected chi connectivity index (χ2v) is 5.81. The minimum absolute atomic E-state index is 0.0346. The molecular formula is C11H8Cl3N9O3. The Bertz CT molecular complexity index is 888. The van der Waals surface area contributed by atoms with Crippen LogP contribution in [0.25, 0.3) is 0 Å². The summed E-state index contributed by atoms with van der Waals surface area (Å²) >= 11 is 17.6. The Kier molecular flexibility index (Phi) is 6.49. The maximum atomic E-state index is 11.6. The molecule has 1 aromatic carbocycles. The van der Waals surface area contributed by atoms with Crippen LogP contribution in [-0.2, 0) is 6.54 Å². The number of carbonyl (C=O) groups excluding carboxylic acids is 1. The van der Waals surface area contributed by atoms with E-state index in [0.29, 0.717) is 10.7 Å². The lowest BCUT2D eigenvalue weighted by molar-refractivity contribution is -0.394. The van der Waals surface area contributed by atoms with Crippen molar-refractivity contribution in [1.82, 2.24) is 25.6 Å². The second-order valence-electron chi connectivity index (χ2n) is 4.56. The van der Waals surface area contributed by atoms with Gasteiger partial charge in [0, 0.05) is 10.2 Å². The van der Waals surface area contributed by atoms with Gasteiger partial charge in [0.15, 0.2) is 0 Å². The van der Waals surface area contributed by atoms with Gasteiger partial charge in [0.1, 0.15) is 12.2 Å². The fourth-order valence-corrected chi connectivity index (χ4v) is 2.40. The van der Waals surface area contributed by atoms with Gasteiger partial charge < -0.3 is 10.1 Å². The van der Waals surface area contributed by atoms with E-state index in [9.17, 15) is 14.9 Å². The summed E-state index contributed by atoms with van der Waals surface area (Å²) in [5, 5.41) is 31.9. The van der Waals surface area contributed by atoms with Crippen molar-refractivity contribution < 1.29 is 9.72 Å². The highest BCUT2D eigenvalue weighted by Crippen LogP contribution is 2.36. The molecule has 26 heavy (non-hydrogen) atoms. The van der Waals surface area contributed by atoms with Gasteiger partial charge in [-0.2, -0.15) is 5.10 Å². The third-order valence-electron chi connectivity index (χ3n) is 2.54. The lowest BCUT2D eigenvalue weighted by Crippen LogP contribution is -2.18. The Morgan fingerprint density at radius 3 is 2.58 bits per heavy atom. The Morgan fingerprint density at radius 1 is 1.35 bits per heavy atom. The van der Waals surface area contributed by atoms with E-state index in [4.69, 9.17) is 34.8 Å². The first kappa shape index (κ1) is 19.6. The number of aromatic nitrogens is 4. The van der Waals surface area contributed by atoms with E-state index < -0.39 is 16.9 Å². The van der Waals surface area contributed by atoms with Crippen LogP contribution in [0.2, 0.25) is 15.1 Å². The molecule has 0 aliphatic heterocycles. The average Bonchev–Trinajstić information content (AvgIpc) is 3.00. The number of urea groups is 1. The summed E-state index contributed by atoms with van der Waals surface area (Å²) in [5.74, 6) is -0.646. The number of nitro groups is 1. The molecule has 2 aromatic rings. The molecule has 136 valence electrons. The fourth-order valence-electron chi connectivity index (χ4n) is 1.51. The first-order chi connectivity index (χ1) is 12.3. The number of hydrazone groups is 1. The van der Waals surface area contributed by atoms with E-state index >= 15 is 0 Å². The zero-order chi connectivity index (χ0) is 19.3. The number of carbonyl (C=O) groups is 1. The van der Waals surface area contributed by atoms with Gasteiger partial charge in [-0.25, -0.2) is 10.2 Å². The molecule has 0 fully saturated rings. The number of hydrogen-bond donors (Lipinski definition) is 1. The number of hydrogen-bond acceptors (Lipinski definition) is 8. The molecule has 0 saturated carbocycles. The minimum Gasteiger partial charge on any atom is -0.390 e. The molecule has 0 bridgehead atoms. The number of azo groups is 1. The van der Waals surface area contributed by atoms with Crippen molar-refractivity contribution in [3.05, 3.63) is 37.3 Å². The first-order valence-electron chi connectivity index (χ1n) is 6.58. The smallest absolute Gasteiger partial charge is 0.390 e. The van der Waals surface area contributed by atoms with Crippen molar-refractivity contribution in [1.29, 1.82) is 0 Å². The van der Waals surface area contributed by atoms with Crippen LogP contribution in [0.15, 0.2) is 27.5 Å². The Morgan fingerprint density at radius 2 is 2.00 bits per heavy atom. The number of amides is 2. The van der Waals surface area contributed by atoms with Crippen molar-refractivity contribution in [3.8, 4) is 0 Å². The van der Waals surface area contributed by atoms with Crippen LogP contribution in [0.5, 0.6) is 0 Å². The molecule has 1 aromatic heterocycles. The molecule has 0 radical (unpaired) electrons. The van der Waals surface area contributed by atoms with Crippen LogP contribution < -0.4 is 5.43 Å². The predicted molar refractivity (Wildman–Crippen MR) is 92.1 cm³/mol. The van der Waals surface area contributed by atoms with E-state index in [0.717, 1.165) is 4.80 Å². The van der Waals surface area contributed by atoms with E-state index in [1.807, 2.05) is 0 Å². The number of nitrogens with one attached hydrogen (secondary N) is 1. The van der Waals surface area contributed by atoms with Crippen LogP contribution in [0.1, 0.15) is 6.92 Å². The molecule has 15 heteroatoms. The second kappa shape index (κ2) is 8.60. The Labute approximate surface area is 160 Å². The SMILES string of the molecule is CC(Cn1nnc([N+](=O)[O-])n1)=NNC(=O)N=Nc1c(Cl)cc(Cl)cc1Cl. The maximum absolute atomic E-state index is 11.6. The van der Waals surface area contributed by atoms with Crippen molar-refractivity contribution in [2.45, 2.75) is 13.5 Å². The third kappa shape index (κ3) is 5.40. The van der Waals surface area contributed by atoms with Crippen LogP contribution in [-0.4, -0.2) is 36.9 Å². The monoisotopic (exact) mass is 419 g/mol. The Hall–Kier alpha value is -2.70. The van der Waals surface area contributed by atoms with E-state index in [1.54, 1.807) is 0 Å². The minimum atomic E-state index is -0.899. The molecule has 0 atom stereocenters. The van der Waals surface area contributed by atoms with E-state index in [1.165, 1.54) is 19.1 Å². The summed E-state index contributed by atoms with van der Waals surface area (Å²) in [6.07, 6.45) is 0. The summed E-state index contributed by atoms with van der Waals surface area (Å²) in [6, 6.07) is 1.89. The quantitative estimate of drug-likeness (QED) is 0.338. The highest BCUT2D eigenvalue weighted by molar-refractivity contribution is 6.41. The van der Waals surface area contributed by atoms with Crippen LogP contribution in [0.3, 0.4) is 0 Å². The third-order valence-corrected chi connectivity index (χ3v) is 3.34. The standard InChI is InChI=1S/C11H8Cl3N9O3/c1-5(4-22-20-10(17-21-22)23(25)26)15-18-11(24)19-16-9-7(13)2-6(12)3-8(9)14/h2-3H,4H2,1H3,(H,18,24). The van der Waals surface area contributed by atoms with Gasteiger partial charge >= 0.3 is 12.0 Å². The van der Waals surface area contributed by atoms with Gasteiger partial charge in [-0.15, -0.1) is 5.11 Å². The van der Waals surface area contributed by atoms with Crippen molar-refractivity contribution >= 4 is 58.2 Å². The van der Waals surface area contributed by atoms with Gasteiger partial charge in [0.2, 0.25) is 0 Å². The number of tetrazole rings is 1. The first-order valence-corrected chi connectivity index (χ1v) is 7.71. The summed E-state index contributed by atoms with van der Waals surface area (Å²) in [5.41, 5.74) is 2.51. The molecule has 0 saturated heterocycles. The lowest BCUT2D eigenvalue weighted by atomic mass is 10.3. The molecule has 0 aliphatic rings. The maximum Gasteiger partial charge on any atom is 0.514 e.